The molecular weight excluding hydrogens is 222 g/mol. The lowest BCUT2D eigenvalue weighted by Gasteiger charge is -2.04. The molecular formula is C13H8F2N2. The van der Waals surface area contributed by atoms with Crippen LogP contribution >= 0.6 is 0 Å². The highest BCUT2D eigenvalue weighted by Gasteiger charge is 2.09. The van der Waals surface area contributed by atoms with Gasteiger partial charge < -0.3 is 0 Å². The Morgan fingerprint density at radius 3 is 2.59 bits per heavy atom. The maximum Gasteiger partial charge on any atom is 0.146 e. The topological polar surface area (TPSA) is 36.7 Å². The van der Waals surface area contributed by atoms with Gasteiger partial charge in [-0.2, -0.15) is 5.26 Å². The summed E-state index contributed by atoms with van der Waals surface area (Å²) in [6.07, 6.45) is 1.28. The number of nitrogens with zero attached hydrogens (tertiary/aromatic N) is 2. The van der Waals surface area contributed by atoms with E-state index in [0.29, 0.717) is 11.1 Å². The van der Waals surface area contributed by atoms with Crippen molar-refractivity contribution in [1.82, 2.24) is 4.98 Å². The molecule has 17 heavy (non-hydrogen) atoms. The SMILES string of the molecule is N#CCc1ncc(-c2ccccc2F)cc1F. The van der Waals surface area contributed by atoms with Crippen LogP contribution in [0.1, 0.15) is 5.69 Å². The van der Waals surface area contributed by atoms with Gasteiger partial charge in [-0.15, -0.1) is 0 Å². The lowest BCUT2D eigenvalue weighted by Crippen LogP contribution is -1.95. The highest BCUT2D eigenvalue weighted by atomic mass is 19.1. The fourth-order valence-electron chi connectivity index (χ4n) is 1.51. The molecule has 0 N–H and O–H groups in total. The normalized spacial score (nSPS) is 9.94. The van der Waals surface area contributed by atoms with Crippen molar-refractivity contribution >= 4 is 0 Å². The van der Waals surface area contributed by atoms with Crippen LogP contribution in [-0.4, -0.2) is 4.98 Å². The Labute approximate surface area is 97.2 Å². The third-order valence-electron chi connectivity index (χ3n) is 2.35. The average Bonchev–Trinajstić information content (AvgIpc) is 2.33. The smallest absolute Gasteiger partial charge is 0.146 e. The lowest BCUT2D eigenvalue weighted by atomic mass is 10.1. The number of aromatic nitrogens is 1. The van der Waals surface area contributed by atoms with Gasteiger partial charge in [-0.3, -0.25) is 4.98 Å². The van der Waals surface area contributed by atoms with Gasteiger partial charge in [0.2, 0.25) is 0 Å². The van der Waals surface area contributed by atoms with E-state index in [4.69, 9.17) is 5.26 Å². The van der Waals surface area contributed by atoms with Crippen molar-refractivity contribution in [2.75, 3.05) is 0 Å². The number of hydrogen-bond acceptors (Lipinski definition) is 2. The van der Waals surface area contributed by atoms with Gasteiger partial charge in [0.1, 0.15) is 11.6 Å². The molecule has 0 atom stereocenters. The van der Waals surface area contributed by atoms with E-state index in [0.717, 1.165) is 0 Å². The van der Waals surface area contributed by atoms with Crippen LogP contribution in [-0.2, 0) is 6.42 Å². The molecule has 0 bridgehead atoms. The maximum atomic E-state index is 13.5. The number of halogens is 2. The molecule has 2 nitrogen and oxygen atoms in total. The fourth-order valence-corrected chi connectivity index (χ4v) is 1.51. The van der Waals surface area contributed by atoms with Crippen molar-refractivity contribution in [3.63, 3.8) is 0 Å². The van der Waals surface area contributed by atoms with Crippen LogP contribution in [0.4, 0.5) is 8.78 Å². The van der Waals surface area contributed by atoms with E-state index in [2.05, 4.69) is 4.98 Å². The van der Waals surface area contributed by atoms with Gasteiger partial charge in [-0.25, -0.2) is 8.78 Å². The van der Waals surface area contributed by atoms with Crippen molar-refractivity contribution in [3.8, 4) is 17.2 Å². The molecule has 0 spiro atoms. The molecule has 0 saturated carbocycles. The second-order valence-corrected chi connectivity index (χ2v) is 3.47. The zero-order chi connectivity index (χ0) is 12.3. The molecule has 2 aromatic rings. The summed E-state index contributed by atoms with van der Waals surface area (Å²) in [6.45, 7) is 0. The summed E-state index contributed by atoms with van der Waals surface area (Å²) in [6, 6.07) is 9.09. The zero-order valence-corrected chi connectivity index (χ0v) is 8.82. The van der Waals surface area contributed by atoms with Crippen molar-refractivity contribution in [1.29, 1.82) is 5.26 Å². The Morgan fingerprint density at radius 1 is 1.18 bits per heavy atom. The molecule has 0 aliphatic carbocycles. The van der Waals surface area contributed by atoms with Gasteiger partial charge in [0.15, 0.2) is 0 Å². The minimum atomic E-state index is -0.590. The predicted molar refractivity (Wildman–Crippen MR) is 58.9 cm³/mol. The first-order valence-electron chi connectivity index (χ1n) is 4.98. The predicted octanol–water partition coefficient (Wildman–Crippen LogP) is 3.09. The molecule has 0 fully saturated rings. The van der Waals surface area contributed by atoms with E-state index in [1.165, 1.54) is 18.3 Å². The van der Waals surface area contributed by atoms with Gasteiger partial charge in [0, 0.05) is 17.3 Å². The Morgan fingerprint density at radius 2 is 1.94 bits per heavy atom. The molecule has 0 saturated heterocycles. The van der Waals surface area contributed by atoms with Crippen LogP contribution in [0.15, 0.2) is 36.5 Å². The van der Waals surface area contributed by atoms with Gasteiger partial charge in [0.05, 0.1) is 18.2 Å². The third-order valence-corrected chi connectivity index (χ3v) is 2.35. The minimum Gasteiger partial charge on any atom is -0.256 e. The summed E-state index contributed by atoms with van der Waals surface area (Å²) in [7, 11) is 0. The molecule has 4 heteroatoms. The van der Waals surface area contributed by atoms with Crippen molar-refractivity contribution in [3.05, 3.63) is 53.9 Å². The summed E-state index contributed by atoms with van der Waals surface area (Å²) in [5.74, 6) is -1.02. The lowest BCUT2D eigenvalue weighted by molar-refractivity contribution is 0.605. The average molecular weight is 230 g/mol. The largest absolute Gasteiger partial charge is 0.256 e. The van der Waals surface area contributed by atoms with Crippen molar-refractivity contribution in [2.45, 2.75) is 6.42 Å². The van der Waals surface area contributed by atoms with E-state index in [9.17, 15) is 8.78 Å². The number of nitriles is 1. The third kappa shape index (κ3) is 2.28. The summed E-state index contributed by atoms with van der Waals surface area (Å²) >= 11 is 0. The van der Waals surface area contributed by atoms with Crippen LogP contribution in [0, 0.1) is 23.0 Å². The van der Waals surface area contributed by atoms with E-state index < -0.39 is 11.6 Å². The van der Waals surface area contributed by atoms with E-state index in [1.54, 1.807) is 18.2 Å². The summed E-state index contributed by atoms with van der Waals surface area (Å²) in [5, 5.41) is 8.46. The van der Waals surface area contributed by atoms with E-state index >= 15 is 0 Å². The Bertz CT molecular complexity index is 588. The van der Waals surface area contributed by atoms with Gasteiger partial charge in [0.25, 0.3) is 0 Å². The molecule has 84 valence electrons. The molecule has 1 heterocycles. The summed E-state index contributed by atoms with van der Waals surface area (Å²) in [4.78, 5) is 3.82. The van der Waals surface area contributed by atoms with Crippen LogP contribution in [0.2, 0.25) is 0 Å². The second kappa shape index (κ2) is 4.71. The quantitative estimate of drug-likeness (QED) is 0.794. The monoisotopic (exact) mass is 230 g/mol. The Balaban J connectivity index is 2.46. The number of pyridine rings is 1. The number of benzene rings is 1. The number of hydrogen-bond donors (Lipinski definition) is 0. The molecule has 0 unspecified atom stereocenters. The first-order valence-corrected chi connectivity index (χ1v) is 4.98. The Hall–Kier alpha value is -2.28. The molecule has 0 aliphatic heterocycles. The van der Waals surface area contributed by atoms with Gasteiger partial charge in [-0.1, -0.05) is 18.2 Å². The second-order valence-electron chi connectivity index (χ2n) is 3.47. The van der Waals surface area contributed by atoms with Gasteiger partial charge >= 0.3 is 0 Å². The summed E-state index contributed by atoms with van der Waals surface area (Å²) < 4.78 is 27.0. The maximum absolute atomic E-state index is 13.5. The van der Waals surface area contributed by atoms with Gasteiger partial charge in [-0.05, 0) is 12.1 Å². The van der Waals surface area contributed by atoms with Crippen molar-refractivity contribution in [2.24, 2.45) is 0 Å². The first kappa shape index (κ1) is 11.2. The van der Waals surface area contributed by atoms with Crippen molar-refractivity contribution < 1.29 is 8.78 Å². The van der Waals surface area contributed by atoms with Crippen LogP contribution in [0.5, 0.6) is 0 Å². The summed E-state index contributed by atoms with van der Waals surface area (Å²) in [5.41, 5.74) is 0.734. The first-order chi connectivity index (χ1) is 8.22. The molecule has 0 amide bonds. The number of rotatable bonds is 2. The highest BCUT2D eigenvalue weighted by Crippen LogP contribution is 2.23. The molecule has 0 radical (unpaired) electrons. The molecule has 2 rings (SSSR count). The van der Waals surface area contributed by atoms with E-state index in [1.807, 2.05) is 6.07 Å². The van der Waals surface area contributed by atoms with Crippen LogP contribution < -0.4 is 0 Å². The molecule has 1 aromatic carbocycles. The minimum absolute atomic E-state index is 0.0765. The standard InChI is InChI=1S/C13H8F2N2/c14-11-4-2-1-3-10(11)9-7-12(15)13(5-6-16)17-8-9/h1-4,7-8H,5H2. The highest BCUT2D eigenvalue weighted by molar-refractivity contribution is 5.63. The van der Waals surface area contributed by atoms with E-state index in [-0.39, 0.29) is 12.1 Å². The fraction of sp³-hybridized carbons (Fsp3) is 0.0769. The molecule has 0 aliphatic rings. The zero-order valence-electron chi connectivity index (χ0n) is 8.82. The molecule has 1 aromatic heterocycles. The Kier molecular flexibility index (Phi) is 3.10. The van der Waals surface area contributed by atoms with Crippen LogP contribution in [0.3, 0.4) is 0 Å². The van der Waals surface area contributed by atoms with Crippen LogP contribution in [0.25, 0.3) is 11.1 Å².